The monoisotopic (exact) mass is 450 g/mol. The molecule has 2 saturated heterocycles. The number of methoxy groups -OCH3 is 1. The molecule has 0 aromatic heterocycles. The van der Waals surface area contributed by atoms with Gasteiger partial charge in [-0.15, -0.1) is 0 Å². The second kappa shape index (κ2) is 7.50. The van der Waals surface area contributed by atoms with Crippen LogP contribution in [0.5, 0.6) is 11.5 Å². The fourth-order valence-corrected chi connectivity index (χ4v) is 5.59. The van der Waals surface area contributed by atoms with Crippen molar-refractivity contribution in [2.24, 2.45) is 11.8 Å². The van der Waals surface area contributed by atoms with Crippen molar-refractivity contribution in [3.63, 3.8) is 0 Å². The van der Waals surface area contributed by atoms with Gasteiger partial charge >= 0.3 is 12.0 Å². The van der Waals surface area contributed by atoms with Crippen molar-refractivity contribution in [3.05, 3.63) is 53.6 Å². The lowest BCUT2D eigenvalue weighted by atomic mass is 9.77. The average molecular weight is 450 g/mol. The number of urea groups is 1. The SMILES string of the molecule is CCOC(=O)[C@@H]1[C@H]2COc3cc(OC)ccc3[C@@H]2N2C(=O)N(c3cccc(C)c3)C(=O)[C@@]12C. The standard InChI is InChI=1S/C25H26N2O6/c1-5-32-22(28)20-18-13-33-19-12-16(31-4)9-10-17(19)21(18)27-24(30)26(23(29)25(20,27)3)15-8-6-7-14(2)11-15/h6-12,18,20-21H,5,13H2,1-4H3/t18-,20+,21+,25-/m1/s1. The molecule has 172 valence electrons. The van der Waals surface area contributed by atoms with Gasteiger partial charge in [-0.05, 0) is 50.6 Å². The van der Waals surface area contributed by atoms with Gasteiger partial charge in [0.05, 0.1) is 38.0 Å². The Kier molecular flexibility index (Phi) is 4.84. The summed E-state index contributed by atoms with van der Waals surface area (Å²) in [5.74, 6) is -0.991. The minimum atomic E-state index is -1.40. The second-order valence-corrected chi connectivity index (χ2v) is 8.83. The molecule has 0 spiro atoms. The van der Waals surface area contributed by atoms with Crippen LogP contribution in [0, 0.1) is 18.8 Å². The molecule has 3 aliphatic rings. The van der Waals surface area contributed by atoms with Crippen LogP contribution in [0.4, 0.5) is 10.5 Å². The molecule has 8 heteroatoms. The molecule has 0 N–H and O–H groups in total. The summed E-state index contributed by atoms with van der Waals surface area (Å²) in [6.45, 7) is 5.67. The Balaban J connectivity index is 1.68. The van der Waals surface area contributed by atoms with E-state index in [4.69, 9.17) is 14.2 Å². The molecule has 33 heavy (non-hydrogen) atoms. The van der Waals surface area contributed by atoms with Crippen LogP contribution in [-0.4, -0.2) is 48.7 Å². The molecule has 8 nitrogen and oxygen atoms in total. The van der Waals surface area contributed by atoms with Crippen LogP contribution in [0.3, 0.4) is 0 Å². The second-order valence-electron chi connectivity index (χ2n) is 8.83. The number of aryl methyl sites for hydroxylation is 1. The number of esters is 1. The Morgan fingerprint density at radius 3 is 2.70 bits per heavy atom. The zero-order valence-corrected chi connectivity index (χ0v) is 19.0. The van der Waals surface area contributed by atoms with Gasteiger partial charge in [-0.25, -0.2) is 9.69 Å². The lowest BCUT2D eigenvalue weighted by Crippen LogP contribution is -2.51. The highest BCUT2D eigenvalue weighted by atomic mass is 16.5. The molecular weight excluding hydrogens is 424 g/mol. The Labute approximate surface area is 192 Å². The average Bonchev–Trinajstić information content (AvgIpc) is 3.18. The van der Waals surface area contributed by atoms with Gasteiger partial charge in [0.25, 0.3) is 5.91 Å². The molecule has 0 unspecified atom stereocenters. The van der Waals surface area contributed by atoms with Crippen LogP contribution >= 0.6 is 0 Å². The van der Waals surface area contributed by atoms with Gasteiger partial charge in [-0.3, -0.25) is 9.59 Å². The fraction of sp³-hybridized carbons (Fsp3) is 0.400. The van der Waals surface area contributed by atoms with E-state index < -0.39 is 41.3 Å². The molecule has 0 aliphatic carbocycles. The lowest BCUT2D eigenvalue weighted by Gasteiger charge is -2.34. The van der Waals surface area contributed by atoms with E-state index >= 15 is 0 Å². The van der Waals surface area contributed by atoms with E-state index in [0.29, 0.717) is 17.2 Å². The summed E-state index contributed by atoms with van der Waals surface area (Å²) < 4.78 is 16.7. The number of carbonyl (C=O) groups excluding carboxylic acids is 3. The van der Waals surface area contributed by atoms with Gasteiger partial charge in [0.15, 0.2) is 0 Å². The van der Waals surface area contributed by atoms with Crippen molar-refractivity contribution >= 4 is 23.6 Å². The predicted octanol–water partition coefficient (Wildman–Crippen LogP) is 3.47. The van der Waals surface area contributed by atoms with Crippen molar-refractivity contribution < 1.29 is 28.6 Å². The van der Waals surface area contributed by atoms with Crippen molar-refractivity contribution in [2.45, 2.75) is 32.4 Å². The van der Waals surface area contributed by atoms with E-state index in [2.05, 4.69) is 0 Å². The number of ether oxygens (including phenoxy) is 3. The van der Waals surface area contributed by atoms with E-state index in [1.807, 2.05) is 19.1 Å². The summed E-state index contributed by atoms with van der Waals surface area (Å²) in [7, 11) is 1.57. The van der Waals surface area contributed by atoms with Gasteiger partial charge in [0, 0.05) is 17.5 Å². The summed E-state index contributed by atoms with van der Waals surface area (Å²) in [4.78, 5) is 43.7. The number of anilines is 1. The summed E-state index contributed by atoms with van der Waals surface area (Å²) in [6, 6.07) is 11.7. The maximum atomic E-state index is 13.9. The fourth-order valence-electron chi connectivity index (χ4n) is 5.59. The van der Waals surface area contributed by atoms with E-state index in [1.165, 1.54) is 4.90 Å². The summed E-state index contributed by atoms with van der Waals surface area (Å²) in [6.07, 6.45) is 0. The largest absolute Gasteiger partial charge is 0.497 e. The van der Waals surface area contributed by atoms with Crippen LogP contribution in [0.2, 0.25) is 0 Å². The van der Waals surface area contributed by atoms with Crippen LogP contribution < -0.4 is 14.4 Å². The smallest absolute Gasteiger partial charge is 0.332 e. The highest BCUT2D eigenvalue weighted by Gasteiger charge is 2.72. The highest BCUT2D eigenvalue weighted by Crippen LogP contribution is 2.58. The van der Waals surface area contributed by atoms with E-state index in [-0.39, 0.29) is 13.2 Å². The van der Waals surface area contributed by atoms with E-state index in [9.17, 15) is 14.4 Å². The molecule has 0 saturated carbocycles. The topological polar surface area (TPSA) is 85.4 Å². The van der Waals surface area contributed by atoms with Crippen LogP contribution in [0.15, 0.2) is 42.5 Å². The first-order valence-corrected chi connectivity index (χ1v) is 11.0. The maximum Gasteiger partial charge on any atom is 0.332 e. The van der Waals surface area contributed by atoms with Crippen LogP contribution in [0.1, 0.15) is 31.0 Å². The first-order chi connectivity index (χ1) is 15.8. The molecule has 3 aliphatic heterocycles. The van der Waals surface area contributed by atoms with Crippen LogP contribution in [-0.2, 0) is 14.3 Å². The van der Waals surface area contributed by atoms with E-state index in [1.54, 1.807) is 56.2 Å². The summed E-state index contributed by atoms with van der Waals surface area (Å²) >= 11 is 0. The Hall–Kier alpha value is -3.55. The third kappa shape index (κ3) is 2.86. The number of hydrogen-bond acceptors (Lipinski definition) is 6. The third-order valence-corrected chi connectivity index (χ3v) is 7.02. The van der Waals surface area contributed by atoms with E-state index in [0.717, 1.165) is 11.1 Å². The van der Waals surface area contributed by atoms with Gasteiger partial charge in [-0.1, -0.05) is 12.1 Å². The Morgan fingerprint density at radius 2 is 2.00 bits per heavy atom. The van der Waals surface area contributed by atoms with Crippen molar-refractivity contribution in [2.75, 3.05) is 25.2 Å². The number of amides is 3. The summed E-state index contributed by atoms with van der Waals surface area (Å²) in [5.41, 5.74) is 0.764. The molecule has 4 atom stereocenters. The Bertz CT molecular complexity index is 1160. The molecule has 2 aromatic rings. The Morgan fingerprint density at radius 1 is 1.21 bits per heavy atom. The first kappa shape index (κ1) is 21.3. The lowest BCUT2D eigenvalue weighted by molar-refractivity contribution is -0.154. The minimum absolute atomic E-state index is 0.182. The first-order valence-electron chi connectivity index (χ1n) is 11.0. The number of nitrogens with zero attached hydrogens (tertiary/aromatic N) is 2. The van der Waals surface area contributed by atoms with Gasteiger partial charge in [0.2, 0.25) is 0 Å². The molecule has 3 amide bonds. The molecule has 3 heterocycles. The van der Waals surface area contributed by atoms with Crippen molar-refractivity contribution in [1.29, 1.82) is 0 Å². The van der Waals surface area contributed by atoms with Gasteiger partial charge in [0.1, 0.15) is 17.0 Å². The molecule has 2 fully saturated rings. The number of hydrogen-bond donors (Lipinski definition) is 0. The maximum absolute atomic E-state index is 13.9. The van der Waals surface area contributed by atoms with Crippen molar-refractivity contribution in [1.82, 2.24) is 4.90 Å². The molecular formula is C25H26N2O6. The van der Waals surface area contributed by atoms with Crippen molar-refractivity contribution in [3.8, 4) is 11.5 Å². The zero-order valence-electron chi connectivity index (χ0n) is 19.0. The zero-order chi connectivity index (χ0) is 23.5. The predicted molar refractivity (Wildman–Crippen MR) is 119 cm³/mol. The molecule has 0 radical (unpaired) electrons. The quantitative estimate of drug-likeness (QED) is 0.524. The number of fused-ring (bicyclic) bond motifs is 5. The highest BCUT2D eigenvalue weighted by molar-refractivity contribution is 6.24. The minimum Gasteiger partial charge on any atom is -0.497 e. The number of imide groups is 1. The van der Waals surface area contributed by atoms with Crippen LogP contribution in [0.25, 0.3) is 0 Å². The third-order valence-electron chi connectivity index (χ3n) is 7.02. The molecule has 0 bridgehead atoms. The van der Waals surface area contributed by atoms with Gasteiger partial charge in [-0.2, -0.15) is 0 Å². The van der Waals surface area contributed by atoms with Gasteiger partial charge < -0.3 is 19.1 Å². The number of carbonyl (C=O) groups is 3. The normalized spacial score (nSPS) is 27.6. The molecule has 2 aromatic carbocycles. The molecule has 5 rings (SSSR count). The number of benzene rings is 2. The number of rotatable bonds is 4. The summed E-state index contributed by atoms with van der Waals surface area (Å²) in [5, 5.41) is 0.